The van der Waals surface area contributed by atoms with Crippen molar-refractivity contribution in [3.05, 3.63) is 11.7 Å². The fourth-order valence-electron chi connectivity index (χ4n) is 2.02. The molecule has 1 N–H and O–H groups in total. The Morgan fingerprint density at radius 3 is 3.11 bits per heavy atom. The van der Waals surface area contributed by atoms with Crippen molar-refractivity contribution < 1.29 is 9.26 Å². The highest BCUT2D eigenvalue weighted by molar-refractivity contribution is 7.99. The molecule has 2 atom stereocenters. The molecule has 0 spiro atoms. The van der Waals surface area contributed by atoms with Gasteiger partial charge in [-0.3, -0.25) is 0 Å². The Bertz CT molecular complexity index is 353. The number of ether oxygens (including phenoxy) is 1. The molecule has 0 radical (unpaired) electrons. The topological polar surface area (TPSA) is 60.2 Å². The predicted octanol–water partition coefficient (Wildman–Crippen LogP) is 1.80. The van der Waals surface area contributed by atoms with Crippen LogP contribution < -0.4 is 5.32 Å². The summed E-state index contributed by atoms with van der Waals surface area (Å²) in [4.78, 5) is 4.44. The fraction of sp³-hybridized carbons (Fsp3) is 0.833. The molecule has 0 saturated carbocycles. The number of hydrogen-bond donors (Lipinski definition) is 1. The van der Waals surface area contributed by atoms with Gasteiger partial charge in [-0.2, -0.15) is 16.7 Å². The van der Waals surface area contributed by atoms with E-state index < -0.39 is 0 Å². The Hall–Kier alpha value is -0.590. The van der Waals surface area contributed by atoms with Crippen LogP contribution >= 0.6 is 11.8 Å². The normalized spacial score (nSPS) is 22.0. The molecule has 0 aromatic carbocycles. The zero-order valence-electron chi connectivity index (χ0n) is 11.0. The zero-order chi connectivity index (χ0) is 12.8. The molecular formula is C12H21N3O2S. The largest absolute Gasteiger partial charge is 0.370 e. The Morgan fingerprint density at radius 2 is 2.44 bits per heavy atom. The van der Waals surface area contributed by atoms with Gasteiger partial charge in [0.15, 0.2) is 0 Å². The lowest BCUT2D eigenvalue weighted by Crippen LogP contribution is -2.38. The molecule has 1 aliphatic heterocycles. The third kappa shape index (κ3) is 3.70. The van der Waals surface area contributed by atoms with E-state index in [4.69, 9.17) is 9.26 Å². The van der Waals surface area contributed by atoms with Crippen LogP contribution in [0.2, 0.25) is 0 Å². The average molecular weight is 271 g/mol. The second-order valence-corrected chi connectivity index (χ2v) is 5.48. The van der Waals surface area contributed by atoms with E-state index >= 15 is 0 Å². The van der Waals surface area contributed by atoms with E-state index in [9.17, 15) is 0 Å². The van der Waals surface area contributed by atoms with Crippen molar-refractivity contribution >= 4 is 11.8 Å². The predicted molar refractivity (Wildman–Crippen MR) is 71.8 cm³/mol. The molecule has 18 heavy (non-hydrogen) atoms. The van der Waals surface area contributed by atoms with E-state index in [1.807, 2.05) is 18.7 Å². The summed E-state index contributed by atoms with van der Waals surface area (Å²) >= 11 is 1.97. The van der Waals surface area contributed by atoms with Crippen LogP contribution in [0.25, 0.3) is 0 Å². The van der Waals surface area contributed by atoms with Crippen molar-refractivity contribution in [2.45, 2.75) is 38.8 Å². The number of aromatic nitrogens is 2. The van der Waals surface area contributed by atoms with Crippen LogP contribution in [-0.4, -0.2) is 40.8 Å². The first-order valence-electron chi connectivity index (χ1n) is 6.58. The van der Waals surface area contributed by atoms with Crippen LogP contribution in [-0.2, 0) is 11.2 Å². The van der Waals surface area contributed by atoms with Crippen molar-refractivity contribution in [3.63, 3.8) is 0 Å². The van der Waals surface area contributed by atoms with Crippen molar-refractivity contribution in [3.8, 4) is 0 Å². The minimum absolute atomic E-state index is 0.0406. The summed E-state index contributed by atoms with van der Waals surface area (Å²) in [6, 6.07) is 0.448. The van der Waals surface area contributed by atoms with Crippen molar-refractivity contribution in [2.75, 3.05) is 24.7 Å². The molecule has 2 heterocycles. The maximum atomic E-state index is 5.58. The molecule has 5 nitrogen and oxygen atoms in total. The zero-order valence-corrected chi connectivity index (χ0v) is 11.8. The van der Waals surface area contributed by atoms with Gasteiger partial charge in [0.05, 0.1) is 0 Å². The SMILES string of the molecule is CCOC(CC)c1noc(CC2CSCCN2)n1. The third-order valence-electron chi connectivity index (χ3n) is 2.93. The number of nitrogens with zero attached hydrogens (tertiary/aromatic N) is 2. The first-order valence-corrected chi connectivity index (χ1v) is 7.74. The monoisotopic (exact) mass is 271 g/mol. The summed E-state index contributed by atoms with van der Waals surface area (Å²) in [5.41, 5.74) is 0. The van der Waals surface area contributed by atoms with Gasteiger partial charge in [-0.1, -0.05) is 12.1 Å². The van der Waals surface area contributed by atoms with Gasteiger partial charge in [-0.25, -0.2) is 0 Å². The molecule has 0 amide bonds. The molecular weight excluding hydrogens is 250 g/mol. The van der Waals surface area contributed by atoms with Crippen molar-refractivity contribution in [1.82, 2.24) is 15.5 Å². The van der Waals surface area contributed by atoms with Crippen LogP contribution in [0.5, 0.6) is 0 Å². The lowest BCUT2D eigenvalue weighted by atomic mass is 10.2. The molecule has 6 heteroatoms. The maximum Gasteiger partial charge on any atom is 0.228 e. The lowest BCUT2D eigenvalue weighted by molar-refractivity contribution is 0.0518. The van der Waals surface area contributed by atoms with Crippen molar-refractivity contribution in [1.29, 1.82) is 0 Å². The standard InChI is InChI=1S/C12H21N3O2S/c1-3-10(16-4-2)12-14-11(17-15-12)7-9-8-18-6-5-13-9/h9-10,13H,3-8H2,1-2H3. The highest BCUT2D eigenvalue weighted by atomic mass is 32.2. The molecule has 1 saturated heterocycles. The quantitative estimate of drug-likeness (QED) is 0.851. The molecule has 1 fully saturated rings. The summed E-state index contributed by atoms with van der Waals surface area (Å²) in [5.74, 6) is 3.69. The van der Waals surface area contributed by atoms with Crippen LogP contribution in [0.1, 0.15) is 38.1 Å². The summed E-state index contributed by atoms with van der Waals surface area (Å²) in [6.45, 7) is 5.78. The van der Waals surface area contributed by atoms with Crippen LogP contribution in [0, 0.1) is 0 Å². The molecule has 0 aliphatic carbocycles. The maximum absolute atomic E-state index is 5.58. The first-order chi connectivity index (χ1) is 8.83. The van der Waals surface area contributed by atoms with E-state index in [2.05, 4.69) is 22.4 Å². The van der Waals surface area contributed by atoms with Gasteiger partial charge in [0.25, 0.3) is 0 Å². The minimum Gasteiger partial charge on any atom is -0.370 e. The van der Waals surface area contributed by atoms with Crippen molar-refractivity contribution in [2.24, 2.45) is 0 Å². The lowest BCUT2D eigenvalue weighted by Gasteiger charge is -2.21. The van der Waals surface area contributed by atoms with Gasteiger partial charge in [0.1, 0.15) is 6.10 Å². The Morgan fingerprint density at radius 1 is 1.56 bits per heavy atom. The Kier molecular flexibility index (Phi) is 5.46. The molecule has 2 unspecified atom stereocenters. The van der Waals surface area contributed by atoms with Gasteiger partial charge in [-0.15, -0.1) is 0 Å². The van der Waals surface area contributed by atoms with Gasteiger partial charge >= 0.3 is 0 Å². The Balaban J connectivity index is 1.92. The molecule has 1 aromatic rings. The number of nitrogens with one attached hydrogen (secondary N) is 1. The molecule has 102 valence electrons. The molecule has 1 aromatic heterocycles. The number of hydrogen-bond acceptors (Lipinski definition) is 6. The second kappa shape index (κ2) is 7.11. The highest BCUT2D eigenvalue weighted by Gasteiger charge is 2.20. The van der Waals surface area contributed by atoms with Crippen LogP contribution in [0.15, 0.2) is 4.52 Å². The van der Waals surface area contributed by atoms with Gasteiger partial charge in [0, 0.05) is 37.1 Å². The summed E-state index contributed by atoms with van der Waals surface area (Å²) in [7, 11) is 0. The first kappa shape index (κ1) is 13.8. The summed E-state index contributed by atoms with van der Waals surface area (Å²) in [6.07, 6.45) is 1.63. The molecule has 0 bridgehead atoms. The van der Waals surface area contributed by atoms with E-state index in [0.29, 0.717) is 24.4 Å². The summed E-state index contributed by atoms with van der Waals surface area (Å²) in [5, 5.41) is 7.49. The molecule has 2 rings (SSSR count). The smallest absolute Gasteiger partial charge is 0.228 e. The van der Waals surface area contributed by atoms with Gasteiger partial charge in [0.2, 0.25) is 11.7 Å². The van der Waals surface area contributed by atoms with E-state index in [1.54, 1.807) is 0 Å². The number of rotatable bonds is 6. The van der Waals surface area contributed by atoms with Crippen LogP contribution in [0.3, 0.4) is 0 Å². The minimum atomic E-state index is -0.0406. The third-order valence-corrected chi connectivity index (χ3v) is 4.06. The Labute approximate surface area is 112 Å². The van der Waals surface area contributed by atoms with Crippen LogP contribution in [0.4, 0.5) is 0 Å². The van der Waals surface area contributed by atoms with E-state index in [1.165, 1.54) is 5.75 Å². The van der Waals surface area contributed by atoms with Gasteiger partial charge < -0.3 is 14.6 Å². The number of thioether (sulfide) groups is 1. The van der Waals surface area contributed by atoms with E-state index in [0.717, 1.165) is 25.1 Å². The van der Waals surface area contributed by atoms with E-state index in [-0.39, 0.29) is 6.10 Å². The van der Waals surface area contributed by atoms with Gasteiger partial charge in [-0.05, 0) is 13.3 Å². The summed E-state index contributed by atoms with van der Waals surface area (Å²) < 4.78 is 10.9. The fourth-order valence-corrected chi connectivity index (χ4v) is 2.97. The second-order valence-electron chi connectivity index (χ2n) is 4.33. The molecule has 1 aliphatic rings. The highest BCUT2D eigenvalue weighted by Crippen LogP contribution is 2.19. The average Bonchev–Trinajstić information content (AvgIpc) is 2.85.